The fourth-order valence-corrected chi connectivity index (χ4v) is 1.55. The second-order valence-corrected chi connectivity index (χ2v) is 5.55. The van der Waals surface area contributed by atoms with Gasteiger partial charge in [-0.25, -0.2) is 13.1 Å². The van der Waals surface area contributed by atoms with Crippen LogP contribution in [0.5, 0.6) is 0 Å². The highest BCUT2D eigenvalue weighted by Gasteiger charge is 2.46. The van der Waals surface area contributed by atoms with Gasteiger partial charge in [0.2, 0.25) is 0 Å². The standard InChI is InChI=1S/C8H16F3NO2S/c1-4-7(3,5-2)6-12-15(13,14)8(9,10)11/h12H,4-6H2,1-3H3. The largest absolute Gasteiger partial charge is 0.511 e. The third kappa shape index (κ3) is 3.98. The summed E-state index contributed by atoms with van der Waals surface area (Å²) in [5.74, 6) is 0. The molecule has 15 heavy (non-hydrogen) atoms. The van der Waals surface area contributed by atoms with Crippen molar-refractivity contribution in [2.75, 3.05) is 6.54 Å². The molecule has 0 heterocycles. The Morgan fingerprint density at radius 3 is 1.80 bits per heavy atom. The average molecular weight is 247 g/mol. The minimum absolute atomic E-state index is 0.193. The van der Waals surface area contributed by atoms with Crippen LogP contribution in [0.3, 0.4) is 0 Å². The molecule has 0 aliphatic heterocycles. The van der Waals surface area contributed by atoms with E-state index in [4.69, 9.17) is 0 Å². The van der Waals surface area contributed by atoms with Crippen molar-refractivity contribution in [2.45, 2.75) is 39.1 Å². The van der Waals surface area contributed by atoms with Gasteiger partial charge in [-0.2, -0.15) is 13.2 Å². The van der Waals surface area contributed by atoms with E-state index in [0.717, 1.165) is 0 Å². The Morgan fingerprint density at radius 1 is 1.13 bits per heavy atom. The van der Waals surface area contributed by atoms with Gasteiger partial charge >= 0.3 is 15.5 Å². The van der Waals surface area contributed by atoms with Crippen molar-refractivity contribution in [1.82, 2.24) is 4.72 Å². The highest BCUT2D eigenvalue weighted by molar-refractivity contribution is 7.90. The van der Waals surface area contributed by atoms with E-state index in [1.54, 1.807) is 11.6 Å². The smallest absolute Gasteiger partial charge is 0.207 e. The summed E-state index contributed by atoms with van der Waals surface area (Å²) in [5.41, 5.74) is -5.66. The van der Waals surface area contributed by atoms with E-state index in [9.17, 15) is 21.6 Å². The summed E-state index contributed by atoms with van der Waals surface area (Å²) in [6.07, 6.45) is 1.23. The minimum atomic E-state index is -5.23. The zero-order valence-corrected chi connectivity index (χ0v) is 9.80. The molecular weight excluding hydrogens is 231 g/mol. The number of alkyl halides is 3. The number of nitrogens with one attached hydrogen (secondary N) is 1. The highest BCUT2D eigenvalue weighted by atomic mass is 32.2. The van der Waals surface area contributed by atoms with E-state index < -0.39 is 20.9 Å². The third-order valence-corrected chi connectivity index (χ3v) is 3.83. The fourth-order valence-electron chi connectivity index (χ4n) is 0.851. The molecule has 0 fully saturated rings. The predicted molar refractivity (Wildman–Crippen MR) is 51.7 cm³/mol. The van der Waals surface area contributed by atoms with Crippen molar-refractivity contribution in [1.29, 1.82) is 0 Å². The Labute approximate surface area is 88.1 Å². The van der Waals surface area contributed by atoms with Crippen LogP contribution in [-0.4, -0.2) is 20.5 Å². The van der Waals surface area contributed by atoms with Gasteiger partial charge in [-0.3, -0.25) is 0 Å². The van der Waals surface area contributed by atoms with Crippen molar-refractivity contribution in [3.63, 3.8) is 0 Å². The van der Waals surface area contributed by atoms with Gasteiger partial charge in [-0.05, 0) is 18.3 Å². The molecule has 0 aromatic carbocycles. The number of hydrogen-bond donors (Lipinski definition) is 1. The number of hydrogen-bond acceptors (Lipinski definition) is 2. The first-order valence-corrected chi connectivity index (χ1v) is 6.12. The summed E-state index contributed by atoms with van der Waals surface area (Å²) in [6, 6.07) is 0. The molecule has 0 bridgehead atoms. The minimum Gasteiger partial charge on any atom is -0.207 e. The van der Waals surface area contributed by atoms with Crippen molar-refractivity contribution < 1.29 is 21.6 Å². The lowest BCUT2D eigenvalue weighted by Gasteiger charge is -2.26. The van der Waals surface area contributed by atoms with Gasteiger partial charge in [-0.15, -0.1) is 0 Å². The van der Waals surface area contributed by atoms with E-state index in [1.165, 1.54) is 0 Å². The predicted octanol–water partition coefficient (Wildman–Crippen LogP) is 2.25. The lowest BCUT2D eigenvalue weighted by Crippen LogP contribution is -2.41. The molecule has 0 spiro atoms. The maximum atomic E-state index is 12.0. The topological polar surface area (TPSA) is 46.2 Å². The molecule has 1 N–H and O–H groups in total. The van der Waals surface area contributed by atoms with E-state index in [2.05, 4.69) is 0 Å². The van der Waals surface area contributed by atoms with Crippen molar-refractivity contribution in [3.05, 3.63) is 0 Å². The first-order chi connectivity index (χ1) is 6.58. The molecule has 0 radical (unpaired) electrons. The first-order valence-electron chi connectivity index (χ1n) is 4.64. The maximum absolute atomic E-state index is 12.0. The summed E-state index contributed by atoms with van der Waals surface area (Å²) >= 11 is 0. The van der Waals surface area contributed by atoms with Gasteiger partial charge in [0.25, 0.3) is 0 Å². The number of rotatable bonds is 5. The van der Waals surface area contributed by atoms with Crippen LogP contribution in [0.15, 0.2) is 0 Å². The van der Waals surface area contributed by atoms with Gasteiger partial charge in [0, 0.05) is 6.54 Å². The molecule has 0 aliphatic rings. The molecule has 0 amide bonds. The van der Waals surface area contributed by atoms with E-state index in [1.807, 2.05) is 13.8 Å². The van der Waals surface area contributed by atoms with Crippen LogP contribution in [0.2, 0.25) is 0 Å². The molecule has 7 heteroatoms. The highest BCUT2D eigenvalue weighted by Crippen LogP contribution is 2.27. The Hall–Kier alpha value is -0.300. The van der Waals surface area contributed by atoms with Crippen LogP contribution >= 0.6 is 0 Å². The summed E-state index contributed by atoms with van der Waals surface area (Å²) in [6.45, 7) is 5.17. The van der Waals surface area contributed by atoms with Crippen LogP contribution in [0, 0.1) is 5.41 Å². The second kappa shape index (κ2) is 4.69. The maximum Gasteiger partial charge on any atom is 0.511 e. The van der Waals surface area contributed by atoms with E-state index in [-0.39, 0.29) is 6.54 Å². The van der Waals surface area contributed by atoms with Crippen molar-refractivity contribution in [2.24, 2.45) is 5.41 Å². The Morgan fingerprint density at radius 2 is 1.53 bits per heavy atom. The van der Waals surface area contributed by atoms with Crippen LogP contribution in [-0.2, 0) is 10.0 Å². The molecule has 0 aromatic heterocycles. The first kappa shape index (κ1) is 14.7. The number of sulfonamides is 1. The Bertz CT molecular complexity index is 293. The second-order valence-electron chi connectivity index (χ2n) is 3.79. The zero-order valence-electron chi connectivity index (χ0n) is 8.98. The lowest BCUT2D eigenvalue weighted by atomic mass is 9.85. The molecule has 0 saturated heterocycles. The van der Waals surface area contributed by atoms with E-state index >= 15 is 0 Å². The summed E-state index contributed by atoms with van der Waals surface area (Å²) in [4.78, 5) is 0. The monoisotopic (exact) mass is 247 g/mol. The summed E-state index contributed by atoms with van der Waals surface area (Å²) in [5, 5.41) is 0. The zero-order chi connectivity index (χ0) is 12.3. The van der Waals surface area contributed by atoms with Crippen molar-refractivity contribution in [3.8, 4) is 0 Å². The average Bonchev–Trinajstić information content (AvgIpc) is 2.13. The normalized spacial score (nSPS) is 14.3. The van der Waals surface area contributed by atoms with Gasteiger partial charge in [-0.1, -0.05) is 20.8 Å². The van der Waals surface area contributed by atoms with E-state index in [0.29, 0.717) is 12.8 Å². The van der Waals surface area contributed by atoms with Crippen LogP contribution in [0.1, 0.15) is 33.6 Å². The molecule has 0 saturated carbocycles. The van der Waals surface area contributed by atoms with Crippen LogP contribution in [0.25, 0.3) is 0 Å². The molecule has 0 unspecified atom stereocenters. The summed E-state index contributed by atoms with van der Waals surface area (Å²) < 4.78 is 58.9. The molecule has 92 valence electrons. The molecular formula is C8H16F3NO2S. The molecule has 0 aliphatic carbocycles. The third-order valence-electron chi connectivity index (χ3n) is 2.70. The van der Waals surface area contributed by atoms with Gasteiger partial charge in [0.1, 0.15) is 0 Å². The molecule has 0 rings (SSSR count). The molecule has 3 nitrogen and oxygen atoms in total. The summed E-state index contributed by atoms with van der Waals surface area (Å²) in [7, 11) is -5.20. The van der Waals surface area contributed by atoms with Gasteiger partial charge < -0.3 is 0 Å². The van der Waals surface area contributed by atoms with Gasteiger partial charge in [0.05, 0.1) is 0 Å². The Kier molecular flexibility index (Phi) is 4.60. The molecule has 0 aromatic rings. The Balaban J connectivity index is 4.53. The van der Waals surface area contributed by atoms with Gasteiger partial charge in [0.15, 0.2) is 0 Å². The SMILES string of the molecule is CCC(C)(CC)CNS(=O)(=O)C(F)(F)F. The number of halogens is 3. The quantitative estimate of drug-likeness (QED) is 0.810. The van der Waals surface area contributed by atoms with Crippen molar-refractivity contribution >= 4 is 10.0 Å². The fraction of sp³-hybridized carbons (Fsp3) is 1.00. The lowest BCUT2D eigenvalue weighted by molar-refractivity contribution is -0.0450. The van der Waals surface area contributed by atoms with Crippen LogP contribution < -0.4 is 4.72 Å². The van der Waals surface area contributed by atoms with Crippen LogP contribution in [0.4, 0.5) is 13.2 Å². The molecule has 0 atom stereocenters.